The van der Waals surface area contributed by atoms with E-state index in [4.69, 9.17) is 57.8 Å². The van der Waals surface area contributed by atoms with E-state index in [9.17, 15) is 0 Å². The highest BCUT2D eigenvalue weighted by atomic mass is 16.7. The van der Waals surface area contributed by atoms with Gasteiger partial charge in [-0.3, -0.25) is 0 Å². The minimum atomic E-state index is -0.585. The molecule has 86 heavy (non-hydrogen) atoms. The molecule has 0 radical (unpaired) electrons. The summed E-state index contributed by atoms with van der Waals surface area (Å²) < 4.78 is 51.8. The second-order valence-corrected chi connectivity index (χ2v) is 23.3. The van der Waals surface area contributed by atoms with Crippen LogP contribution in [0.25, 0.3) is 89.7 Å². The van der Waals surface area contributed by atoms with Crippen molar-refractivity contribution in [1.82, 2.24) is 59.5 Å². The Morgan fingerprint density at radius 2 is 0.581 bits per heavy atom. The number of hydrogen-bond acceptors (Lipinski definition) is 16. The molecule has 0 saturated heterocycles. The van der Waals surface area contributed by atoms with Crippen LogP contribution < -0.4 is 37.9 Å². The molecule has 0 aliphatic carbocycles. The van der Waals surface area contributed by atoms with Crippen molar-refractivity contribution in [3.8, 4) is 91.5 Å². The zero-order valence-electron chi connectivity index (χ0n) is 50.5. The van der Waals surface area contributed by atoms with Crippen LogP contribution in [0.5, 0.6) is 46.0 Å². The molecule has 450 valence electrons. The van der Waals surface area contributed by atoms with Crippen molar-refractivity contribution >= 4 is 44.1 Å². The maximum absolute atomic E-state index is 6.83. The summed E-state index contributed by atoms with van der Waals surface area (Å²) in [5, 5.41) is 0. The van der Waals surface area contributed by atoms with Gasteiger partial charge in [-0.15, -0.1) is 0 Å². The third kappa shape index (κ3) is 13.4. The first kappa shape index (κ1) is 57.9. The van der Waals surface area contributed by atoms with E-state index in [-0.39, 0.29) is 0 Å². The fourth-order valence-electron chi connectivity index (χ4n) is 10.9. The van der Waals surface area contributed by atoms with Gasteiger partial charge in [0.1, 0.15) is 46.3 Å². The van der Waals surface area contributed by atoms with Crippen LogP contribution in [0, 0.1) is 0 Å². The third-order valence-corrected chi connectivity index (χ3v) is 15.3. The van der Waals surface area contributed by atoms with E-state index in [1.165, 1.54) is 0 Å². The lowest BCUT2D eigenvalue weighted by molar-refractivity contribution is 0.0272. The number of nitrogens with zero attached hydrogens (tertiary/aromatic N) is 8. The molecule has 0 saturated carbocycles. The molecule has 0 atom stereocenters. The first-order chi connectivity index (χ1) is 41.8. The second-order valence-electron chi connectivity index (χ2n) is 23.3. The molecule has 0 fully saturated rings. The van der Waals surface area contributed by atoms with E-state index in [1.54, 1.807) is 0 Å². The minimum absolute atomic E-state index is 0.585. The summed E-state index contributed by atoms with van der Waals surface area (Å²) >= 11 is 0. The maximum atomic E-state index is 6.83. The standard InChI is InChI=1S/C66H78N12O8/c1-75(2)29-11-33-79-41-17-25-49-53(37-41)71-63(67-49)45-21-22-46(64-68-50-26-18-42(38-54(50)72-64)80-34-12-30-76(3)4)60-59(45)83-57(84-60)15-9-10-16-58-85-61-47(65-69-51-27-19-43(39-55(51)73-65)81-35-13-31-77(5)6)23-24-48(62(61)86-58)66-70-52-28-20-44(40-56(52)74-66)82-36-14-32-78(7)8/h17-28,37-40,57-58H,9-16,29-36H2,1-8H3,(H,67,71)(H,68,72)(H,69,73)(H,70,74). The molecule has 2 aliphatic rings. The van der Waals surface area contributed by atoms with Gasteiger partial charge in [-0.25, -0.2) is 19.9 Å². The average Bonchev–Trinajstić information content (AvgIpc) is 1.77. The monoisotopic (exact) mass is 1170 g/mol. The largest absolute Gasteiger partial charge is 0.493 e. The van der Waals surface area contributed by atoms with Gasteiger partial charge in [-0.05, 0) is 168 Å². The Morgan fingerprint density at radius 3 is 0.814 bits per heavy atom. The number of benzene rings is 6. The summed E-state index contributed by atoms with van der Waals surface area (Å²) in [5.74, 6) is 8.16. The van der Waals surface area contributed by atoms with Gasteiger partial charge in [-0.2, -0.15) is 0 Å². The molecule has 12 rings (SSSR count). The Labute approximate surface area is 501 Å². The van der Waals surface area contributed by atoms with Crippen molar-refractivity contribution in [3.05, 3.63) is 97.1 Å². The van der Waals surface area contributed by atoms with Gasteiger partial charge in [0.05, 0.1) is 92.8 Å². The molecule has 6 heterocycles. The SMILES string of the molecule is CN(C)CCCOc1ccc2nc(-c3ccc(-c4nc5ccc(OCCCN(C)C)cc5[nH]4)c4c3OC(CCCCC3Oc5c(-c6nc7ccc(OCCCN(C)C)cc7[nH]6)ccc(-c6nc7ccc(OCCCN(C)C)cc7[nH]6)c5O3)O4)[nH]c2c1. The third-order valence-electron chi connectivity index (χ3n) is 15.3. The van der Waals surface area contributed by atoms with Crippen LogP contribution >= 0.6 is 0 Å². The summed E-state index contributed by atoms with van der Waals surface area (Å²) in [4.78, 5) is 43.0. The van der Waals surface area contributed by atoms with Gasteiger partial charge in [0.15, 0.2) is 23.0 Å². The van der Waals surface area contributed by atoms with E-state index < -0.39 is 12.6 Å². The number of aromatic nitrogens is 8. The van der Waals surface area contributed by atoms with Gasteiger partial charge in [0.2, 0.25) is 12.6 Å². The Bertz CT molecular complexity index is 3460. The van der Waals surface area contributed by atoms with Crippen molar-refractivity contribution in [3.63, 3.8) is 0 Å². The van der Waals surface area contributed by atoms with Gasteiger partial charge in [0, 0.05) is 63.3 Å². The van der Waals surface area contributed by atoms with Crippen LogP contribution in [0.4, 0.5) is 0 Å². The van der Waals surface area contributed by atoms with Crippen LogP contribution in [0.1, 0.15) is 51.4 Å². The highest BCUT2D eigenvalue weighted by Crippen LogP contribution is 2.51. The molecule has 10 aromatic rings. The van der Waals surface area contributed by atoms with E-state index in [0.29, 0.717) is 85.6 Å². The number of rotatable bonds is 29. The molecular formula is C66H78N12O8. The first-order valence-electron chi connectivity index (χ1n) is 30.0. The van der Waals surface area contributed by atoms with Crippen molar-refractivity contribution in [2.45, 2.75) is 63.9 Å². The quantitative estimate of drug-likeness (QED) is 0.0322. The van der Waals surface area contributed by atoms with Gasteiger partial charge < -0.3 is 77.4 Å². The number of aromatic amines is 4. The Balaban J connectivity index is 0.774. The molecule has 0 spiro atoms. The summed E-state index contributed by atoms with van der Waals surface area (Å²) in [7, 11) is 16.5. The second kappa shape index (κ2) is 26.0. The highest BCUT2D eigenvalue weighted by molar-refractivity contribution is 5.89. The van der Waals surface area contributed by atoms with Crippen molar-refractivity contribution in [1.29, 1.82) is 0 Å². The number of H-pyrrole nitrogens is 4. The number of hydrogen-bond donors (Lipinski definition) is 4. The number of ether oxygens (including phenoxy) is 8. The van der Waals surface area contributed by atoms with Crippen molar-refractivity contribution in [2.75, 3.05) is 109 Å². The Morgan fingerprint density at radius 1 is 0.337 bits per heavy atom. The molecule has 0 bridgehead atoms. The van der Waals surface area contributed by atoms with Gasteiger partial charge in [0.25, 0.3) is 0 Å². The summed E-state index contributed by atoms with van der Waals surface area (Å²) in [5.41, 5.74) is 9.82. The highest BCUT2D eigenvalue weighted by Gasteiger charge is 2.35. The van der Waals surface area contributed by atoms with Crippen LogP contribution in [-0.4, -0.2) is 181 Å². The van der Waals surface area contributed by atoms with Crippen LogP contribution in [0.3, 0.4) is 0 Å². The molecule has 4 aromatic heterocycles. The predicted molar refractivity (Wildman–Crippen MR) is 336 cm³/mol. The van der Waals surface area contributed by atoms with Crippen LogP contribution in [-0.2, 0) is 0 Å². The zero-order chi connectivity index (χ0) is 59.3. The fraction of sp³-hybridized carbons (Fsp3) is 0.394. The van der Waals surface area contributed by atoms with Gasteiger partial charge in [-0.1, -0.05) is 0 Å². The molecule has 4 N–H and O–H groups in total. The molecule has 0 unspecified atom stereocenters. The van der Waals surface area contributed by atoms with E-state index in [0.717, 1.165) is 154 Å². The number of nitrogens with one attached hydrogen (secondary N) is 4. The molecule has 20 nitrogen and oxygen atoms in total. The molecule has 6 aromatic carbocycles. The van der Waals surface area contributed by atoms with Crippen LogP contribution in [0.15, 0.2) is 97.1 Å². The Kier molecular flexibility index (Phi) is 17.5. The Hall–Kier alpha value is -8.56. The smallest absolute Gasteiger partial charge is 0.241 e. The minimum Gasteiger partial charge on any atom is -0.493 e. The summed E-state index contributed by atoms with van der Waals surface area (Å²) in [6, 6.07) is 31.9. The van der Waals surface area contributed by atoms with E-state index >= 15 is 0 Å². The van der Waals surface area contributed by atoms with E-state index in [2.05, 4.69) is 95.9 Å². The molecular weight excluding hydrogens is 1090 g/mol. The maximum Gasteiger partial charge on any atom is 0.241 e. The lowest BCUT2D eigenvalue weighted by Crippen LogP contribution is -2.20. The fourth-order valence-corrected chi connectivity index (χ4v) is 10.9. The zero-order valence-corrected chi connectivity index (χ0v) is 50.5. The van der Waals surface area contributed by atoms with Crippen molar-refractivity contribution < 1.29 is 37.9 Å². The van der Waals surface area contributed by atoms with Crippen LogP contribution in [0.2, 0.25) is 0 Å². The number of fused-ring (bicyclic) bond motifs is 6. The predicted octanol–water partition coefficient (Wildman–Crippen LogP) is 11.6. The molecule has 20 heteroatoms. The normalized spacial score (nSPS) is 13.4. The van der Waals surface area contributed by atoms with Gasteiger partial charge >= 0.3 is 0 Å². The number of unbranched alkanes of at least 4 members (excludes halogenated alkanes) is 1. The summed E-state index contributed by atoms with van der Waals surface area (Å²) in [6.45, 7) is 6.27. The topological polar surface area (TPSA) is 202 Å². The lowest BCUT2D eigenvalue weighted by atomic mass is 10.1. The lowest BCUT2D eigenvalue weighted by Gasteiger charge is -2.13. The summed E-state index contributed by atoms with van der Waals surface area (Å²) in [6.07, 6.45) is 5.20. The molecule has 2 aliphatic heterocycles. The van der Waals surface area contributed by atoms with E-state index in [1.807, 2.05) is 97.1 Å². The van der Waals surface area contributed by atoms with Crippen molar-refractivity contribution in [2.24, 2.45) is 0 Å². The average molecular weight is 1170 g/mol. The molecule has 0 amide bonds. The first-order valence-corrected chi connectivity index (χ1v) is 30.0. The number of imidazole rings is 4.